The molecule has 0 unspecified atom stereocenters. The summed E-state index contributed by atoms with van der Waals surface area (Å²) in [5, 5.41) is 36.6. The molecule has 4 N–H and O–H groups in total. The fraction of sp³-hybridized carbons (Fsp3) is 1.00. The molecule has 1 heterocycles. The number of hydrogen-bond acceptors (Lipinski definition) is 9. The van der Waals surface area contributed by atoms with Crippen molar-refractivity contribution in [2.24, 2.45) is 0 Å². The molecule has 1 aliphatic rings. The summed E-state index contributed by atoms with van der Waals surface area (Å²) in [5.41, 5.74) is 0. The molecule has 0 radical (unpaired) electrons. The second-order valence-corrected chi connectivity index (χ2v) is 4.43. The van der Waals surface area contributed by atoms with Gasteiger partial charge in [-0.15, -0.1) is 0 Å². The van der Waals surface area contributed by atoms with Crippen molar-refractivity contribution >= 4 is 7.82 Å². The number of ether oxygens (including phenoxy) is 1. The van der Waals surface area contributed by atoms with Gasteiger partial charge in [-0.25, -0.2) is 0 Å². The first-order chi connectivity index (χ1) is 7.22. The third-order valence-corrected chi connectivity index (χ3v) is 2.55. The standard InChI is InChI=1S/C6H13O9P.2Na/c7-3-2(1-14-16(11,12)13)15-6(10)5(9)4(3)8;;/h2-10H,1H2,(H2,11,12,13);;/q;2*+1/p-2/t2-,3-,4+,5-,6+;;/m1../s1. The zero-order chi connectivity index (χ0) is 12.5. The SMILES string of the molecule is O=P([O-])([O-])OC[C@H]1O[C@H](O)[C@H](O)[C@@H](O)[C@@H]1O.[Na+].[Na+]. The predicted molar refractivity (Wildman–Crippen MR) is 42.5 cm³/mol. The van der Waals surface area contributed by atoms with Crippen molar-refractivity contribution in [3.8, 4) is 0 Å². The topological polar surface area (TPSA) is 163 Å². The Labute approximate surface area is 147 Å². The first-order valence-corrected chi connectivity index (χ1v) is 5.73. The molecule has 1 aliphatic heterocycles. The van der Waals surface area contributed by atoms with Crippen LogP contribution in [0.15, 0.2) is 0 Å². The van der Waals surface area contributed by atoms with Gasteiger partial charge in [-0.05, 0) is 0 Å². The van der Waals surface area contributed by atoms with Gasteiger partial charge in [0, 0.05) is 0 Å². The van der Waals surface area contributed by atoms with Gasteiger partial charge < -0.3 is 44.0 Å². The normalized spacial score (nSPS) is 36.4. The van der Waals surface area contributed by atoms with Crippen LogP contribution < -0.4 is 68.9 Å². The van der Waals surface area contributed by atoms with Crippen LogP contribution >= 0.6 is 7.82 Å². The molecule has 1 saturated heterocycles. The number of rotatable bonds is 3. The van der Waals surface area contributed by atoms with Crippen LogP contribution in [0.3, 0.4) is 0 Å². The zero-order valence-corrected chi connectivity index (χ0v) is 14.8. The quantitative estimate of drug-likeness (QED) is 0.293. The molecule has 0 aromatic heterocycles. The van der Waals surface area contributed by atoms with Crippen molar-refractivity contribution in [1.29, 1.82) is 0 Å². The predicted octanol–water partition coefficient (Wildman–Crippen LogP) is -10.4. The minimum absolute atomic E-state index is 0. The van der Waals surface area contributed by atoms with Gasteiger partial charge in [-0.2, -0.15) is 0 Å². The summed E-state index contributed by atoms with van der Waals surface area (Å²) in [6, 6.07) is 0. The first-order valence-electron chi connectivity index (χ1n) is 4.26. The maximum Gasteiger partial charge on any atom is 1.00 e. The van der Waals surface area contributed by atoms with Gasteiger partial charge in [0.15, 0.2) is 6.29 Å². The Morgan fingerprint density at radius 1 is 1.06 bits per heavy atom. The van der Waals surface area contributed by atoms with Crippen LogP contribution in [-0.4, -0.2) is 57.7 Å². The van der Waals surface area contributed by atoms with Crippen molar-refractivity contribution < 1.29 is 103 Å². The number of aliphatic hydroxyl groups excluding tert-OH is 4. The smallest absolute Gasteiger partial charge is 0.790 e. The minimum atomic E-state index is -5.23. The average molecular weight is 304 g/mol. The summed E-state index contributed by atoms with van der Waals surface area (Å²) >= 11 is 0. The van der Waals surface area contributed by atoms with Crippen LogP contribution in [0.4, 0.5) is 0 Å². The fourth-order valence-corrected chi connectivity index (χ4v) is 1.56. The van der Waals surface area contributed by atoms with Crippen LogP contribution in [-0.2, 0) is 13.8 Å². The van der Waals surface area contributed by atoms with Crippen molar-refractivity contribution in [2.75, 3.05) is 6.61 Å². The second kappa shape index (κ2) is 9.04. The third kappa shape index (κ3) is 6.57. The molecule has 0 aliphatic carbocycles. The Balaban J connectivity index is 0. The zero-order valence-electron chi connectivity index (χ0n) is 9.87. The van der Waals surface area contributed by atoms with Gasteiger partial charge in [-0.3, -0.25) is 0 Å². The molecule has 9 nitrogen and oxygen atoms in total. The molecule has 96 valence electrons. The molecule has 0 bridgehead atoms. The van der Waals surface area contributed by atoms with Crippen LogP contribution in [0.1, 0.15) is 0 Å². The maximum atomic E-state index is 10.1. The number of phosphoric ester groups is 1. The van der Waals surface area contributed by atoms with E-state index in [0.717, 1.165) is 0 Å². The van der Waals surface area contributed by atoms with Gasteiger partial charge in [0.25, 0.3) is 0 Å². The van der Waals surface area contributed by atoms with Crippen molar-refractivity contribution in [2.45, 2.75) is 30.7 Å². The summed E-state index contributed by atoms with van der Waals surface area (Å²) < 4.78 is 18.5. The number of phosphoric acid groups is 1. The summed E-state index contributed by atoms with van der Waals surface area (Å²) in [4.78, 5) is 20.3. The molecule has 18 heavy (non-hydrogen) atoms. The Bertz CT molecular complexity index is 286. The minimum Gasteiger partial charge on any atom is -0.790 e. The Kier molecular flexibility index (Phi) is 11.1. The number of aliphatic hydroxyl groups is 4. The maximum absolute atomic E-state index is 10.1. The summed E-state index contributed by atoms with van der Waals surface area (Å²) in [6.07, 6.45) is -8.35. The van der Waals surface area contributed by atoms with E-state index in [-0.39, 0.29) is 59.1 Å². The van der Waals surface area contributed by atoms with E-state index in [1.165, 1.54) is 0 Å². The fourth-order valence-electron chi connectivity index (χ4n) is 1.23. The van der Waals surface area contributed by atoms with Gasteiger partial charge in [-0.1, -0.05) is 0 Å². The summed E-state index contributed by atoms with van der Waals surface area (Å²) in [6.45, 7) is -0.855. The number of hydrogen-bond donors (Lipinski definition) is 4. The van der Waals surface area contributed by atoms with Crippen LogP contribution in [0, 0.1) is 0 Å². The summed E-state index contributed by atoms with van der Waals surface area (Å²) in [5.74, 6) is 0. The van der Waals surface area contributed by atoms with Crippen LogP contribution in [0.2, 0.25) is 0 Å². The monoisotopic (exact) mass is 304 g/mol. The van der Waals surface area contributed by atoms with E-state index in [2.05, 4.69) is 9.26 Å². The molecule has 1 rings (SSSR count). The molecule has 5 atom stereocenters. The first kappa shape index (κ1) is 22.2. The van der Waals surface area contributed by atoms with Crippen LogP contribution in [0.5, 0.6) is 0 Å². The van der Waals surface area contributed by atoms with E-state index in [1.807, 2.05) is 0 Å². The molecule has 12 heteroatoms. The molecule has 0 amide bonds. The van der Waals surface area contributed by atoms with Gasteiger partial charge in [0.2, 0.25) is 0 Å². The molecule has 0 spiro atoms. The molecule has 0 aromatic rings. The van der Waals surface area contributed by atoms with Gasteiger partial charge >= 0.3 is 59.1 Å². The second-order valence-electron chi connectivity index (χ2n) is 3.28. The van der Waals surface area contributed by atoms with E-state index in [4.69, 9.17) is 10.2 Å². The van der Waals surface area contributed by atoms with Crippen molar-refractivity contribution in [3.63, 3.8) is 0 Å². The van der Waals surface area contributed by atoms with Crippen LogP contribution in [0.25, 0.3) is 0 Å². The Morgan fingerprint density at radius 3 is 2.00 bits per heavy atom. The van der Waals surface area contributed by atoms with E-state index in [1.54, 1.807) is 0 Å². The van der Waals surface area contributed by atoms with Crippen molar-refractivity contribution in [1.82, 2.24) is 0 Å². The van der Waals surface area contributed by atoms with Crippen molar-refractivity contribution in [3.05, 3.63) is 0 Å². The van der Waals surface area contributed by atoms with Gasteiger partial charge in [0.05, 0.1) is 14.4 Å². The molecule has 0 aromatic carbocycles. The molecular weight excluding hydrogens is 293 g/mol. The van der Waals surface area contributed by atoms with E-state index in [0.29, 0.717) is 0 Å². The van der Waals surface area contributed by atoms with E-state index in [9.17, 15) is 24.6 Å². The van der Waals surface area contributed by atoms with E-state index >= 15 is 0 Å². The van der Waals surface area contributed by atoms with Gasteiger partial charge in [0.1, 0.15) is 24.4 Å². The van der Waals surface area contributed by atoms with E-state index < -0.39 is 45.1 Å². The molecule has 1 fully saturated rings. The Morgan fingerprint density at radius 2 is 1.56 bits per heavy atom. The molecular formula is C6H11Na2O9P. The molecule has 0 saturated carbocycles. The average Bonchev–Trinajstić information content (AvgIpc) is 2.17. The summed E-state index contributed by atoms with van der Waals surface area (Å²) in [7, 11) is -5.23. The Hall–Kier alpha value is 1.91. The third-order valence-electron chi connectivity index (χ3n) is 2.08. The largest absolute Gasteiger partial charge is 1.00 e.